The van der Waals surface area contributed by atoms with E-state index in [2.05, 4.69) is 0 Å². The number of hydrogen-bond acceptors (Lipinski definition) is 3. The third-order valence-corrected chi connectivity index (χ3v) is 3.25. The van der Waals surface area contributed by atoms with Crippen LogP contribution in [-0.2, 0) is 15.4 Å². The molecule has 0 radical (unpaired) electrons. The first-order chi connectivity index (χ1) is 8.43. The summed E-state index contributed by atoms with van der Waals surface area (Å²) >= 11 is 0. The Kier molecular flexibility index (Phi) is 4.28. The highest BCUT2D eigenvalue weighted by Gasteiger charge is 2.28. The van der Waals surface area contributed by atoms with E-state index in [0.29, 0.717) is 16.9 Å². The van der Waals surface area contributed by atoms with Crippen molar-refractivity contribution in [3.63, 3.8) is 0 Å². The van der Waals surface area contributed by atoms with E-state index >= 15 is 0 Å². The molecule has 0 aliphatic heterocycles. The number of rotatable bonds is 2. The van der Waals surface area contributed by atoms with Gasteiger partial charge in [0, 0.05) is 15.7 Å². The Morgan fingerprint density at radius 3 is 1.63 bits per heavy atom. The third kappa shape index (κ3) is 3.92. The maximum absolute atomic E-state index is 10.8. The summed E-state index contributed by atoms with van der Waals surface area (Å²) in [4.78, 5) is 8.89. The van der Waals surface area contributed by atoms with Gasteiger partial charge >= 0.3 is 8.25 Å². The summed E-state index contributed by atoms with van der Waals surface area (Å²) in [6.45, 7) is 11.8. The molecule has 0 saturated heterocycles. The molecule has 0 spiro atoms. The Bertz CT molecular complexity index is 460. The Balaban J connectivity index is 3.52. The van der Waals surface area contributed by atoms with Crippen LogP contribution in [0, 0.1) is 0 Å². The van der Waals surface area contributed by atoms with Gasteiger partial charge in [0.2, 0.25) is 0 Å². The van der Waals surface area contributed by atoms with Gasteiger partial charge < -0.3 is 5.11 Å². The maximum Gasteiger partial charge on any atom is 0.747 e. The number of phenolic OH excluding ortho intramolecular Hbond substituents is 1. The Hall–Kier alpha value is -1.12. The van der Waals surface area contributed by atoms with E-state index in [1.54, 1.807) is 12.1 Å². The van der Waals surface area contributed by atoms with E-state index in [4.69, 9.17) is 9.42 Å². The van der Waals surface area contributed by atoms with Crippen LogP contribution in [0.2, 0.25) is 0 Å². The molecule has 0 bridgehead atoms. The van der Waals surface area contributed by atoms with Gasteiger partial charge in [-0.05, 0) is 23.0 Å². The Morgan fingerprint density at radius 2 is 1.37 bits per heavy atom. The molecule has 0 aliphatic rings. The van der Waals surface area contributed by atoms with Crippen molar-refractivity contribution in [2.24, 2.45) is 0 Å². The van der Waals surface area contributed by atoms with E-state index in [0.717, 1.165) is 0 Å². The zero-order valence-corrected chi connectivity index (χ0v) is 13.2. The zero-order valence-electron chi connectivity index (χ0n) is 12.3. The van der Waals surface area contributed by atoms with Crippen molar-refractivity contribution in [2.45, 2.75) is 52.4 Å². The summed E-state index contributed by atoms with van der Waals surface area (Å²) in [6, 6.07) is 3.24. The zero-order chi connectivity index (χ0) is 15.0. The van der Waals surface area contributed by atoms with Gasteiger partial charge in [-0.1, -0.05) is 41.5 Å². The van der Waals surface area contributed by atoms with Crippen molar-refractivity contribution in [1.29, 1.82) is 0 Å². The first kappa shape index (κ1) is 15.9. The minimum atomic E-state index is -2.71. The van der Waals surface area contributed by atoms with Gasteiger partial charge in [-0.2, -0.15) is 0 Å². The third-order valence-electron chi connectivity index (χ3n) is 2.88. The average molecular weight is 285 g/mol. The molecular weight excluding hydrogens is 263 g/mol. The predicted molar refractivity (Wildman–Crippen MR) is 76.0 cm³/mol. The van der Waals surface area contributed by atoms with Gasteiger partial charge in [0.25, 0.3) is 0 Å². The van der Waals surface area contributed by atoms with Crippen molar-refractivity contribution in [3.8, 4) is 11.5 Å². The molecule has 4 nitrogen and oxygen atoms in total. The van der Waals surface area contributed by atoms with Crippen LogP contribution in [0.5, 0.6) is 11.5 Å². The topological polar surface area (TPSA) is 66.8 Å². The summed E-state index contributed by atoms with van der Waals surface area (Å²) < 4.78 is 15.7. The molecule has 1 aromatic rings. The lowest BCUT2D eigenvalue weighted by molar-refractivity contribution is 0.400. The maximum atomic E-state index is 10.8. The summed E-state index contributed by atoms with van der Waals surface area (Å²) in [5, 5.41) is 10.4. The first-order valence-corrected chi connectivity index (χ1v) is 7.28. The van der Waals surface area contributed by atoms with E-state index < -0.39 is 8.25 Å². The SMILES string of the molecule is CC(C)(C)c1cc(O[P+](=O)O)cc(C(C)(C)C)c1O. The average Bonchev–Trinajstić information content (AvgIpc) is 2.16. The number of hydrogen-bond donors (Lipinski definition) is 2. The molecule has 5 heteroatoms. The molecule has 0 fully saturated rings. The molecule has 1 rings (SSSR count). The molecule has 106 valence electrons. The van der Waals surface area contributed by atoms with Crippen LogP contribution in [0.4, 0.5) is 0 Å². The summed E-state index contributed by atoms with van der Waals surface area (Å²) in [7, 11) is -2.71. The van der Waals surface area contributed by atoms with Crippen LogP contribution in [0.3, 0.4) is 0 Å². The number of aromatic hydroxyl groups is 1. The van der Waals surface area contributed by atoms with Gasteiger partial charge in [0.1, 0.15) is 5.75 Å². The summed E-state index contributed by atoms with van der Waals surface area (Å²) in [6.07, 6.45) is 0. The fourth-order valence-electron chi connectivity index (χ4n) is 1.89. The van der Waals surface area contributed by atoms with Crippen LogP contribution in [-0.4, -0.2) is 10.00 Å². The summed E-state index contributed by atoms with van der Waals surface area (Å²) in [5.41, 5.74) is 0.827. The van der Waals surface area contributed by atoms with Crippen LogP contribution in [0.1, 0.15) is 52.7 Å². The lowest BCUT2D eigenvalue weighted by Gasteiger charge is -2.27. The van der Waals surface area contributed by atoms with Crippen molar-refractivity contribution in [2.75, 3.05) is 0 Å². The van der Waals surface area contributed by atoms with Gasteiger partial charge in [0.05, 0.1) is 0 Å². The smallest absolute Gasteiger partial charge is 0.507 e. The van der Waals surface area contributed by atoms with Crippen LogP contribution >= 0.6 is 8.25 Å². The highest BCUT2D eigenvalue weighted by atomic mass is 31.1. The Morgan fingerprint density at radius 1 is 1.00 bits per heavy atom. The second-order valence-electron chi connectivity index (χ2n) is 6.70. The molecule has 2 N–H and O–H groups in total. The van der Waals surface area contributed by atoms with E-state index in [1.165, 1.54) is 0 Å². The van der Waals surface area contributed by atoms with Crippen LogP contribution < -0.4 is 4.52 Å². The normalized spacial score (nSPS) is 13.3. The first-order valence-electron chi connectivity index (χ1n) is 6.15. The molecule has 1 aromatic carbocycles. The van der Waals surface area contributed by atoms with Crippen molar-refractivity contribution >= 4 is 8.25 Å². The number of phenols is 1. The quantitative estimate of drug-likeness (QED) is 0.805. The highest BCUT2D eigenvalue weighted by Crippen LogP contribution is 2.42. The van der Waals surface area contributed by atoms with Crippen molar-refractivity contribution in [3.05, 3.63) is 23.3 Å². The van der Waals surface area contributed by atoms with Crippen molar-refractivity contribution in [1.82, 2.24) is 0 Å². The Labute approximate surface area is 115 Å². The molecule has 19 heavy (non-hydrogen) atoms. The largest absolute Gasteiger partial charge is 0.747 e. The monoisotopic (exact) mass is 285 g/mol. The van der Waals surface area contributed by atoms with Gasteiger partial charge in [-0.3, -0.25) is 0 Å². The van der Waals surface area contributed by atoms with Crippen molar-refractivity contribution < 1.29 is 19.1 Å². The number of benzene rings is 1. The molecule has 0 amide bonds. The molecule has 0 aliphatic carbocycles. The lowest BCUT2D eigenvalue weighted by Crippen LogP contribution is -2.17. The highest BCUT2D eigenvalue weighted by molar-refractivity contribution is 7.32. The fraction of sp³-hybridized carbons (Fsp3) is 0.571. The van der Waals surface area contributed by atoms with E-state index in [9.17, 15) is 9.67 Å². The lowest BCUT2D eigenvalue weighted by atomic mass is 9.79. The molecule has 0 saturated carbocycles. The van der Waals surface area contributed by atoms with E-state index in [1.807, 2.05) is 41.5 Å². The second kappa shape index (κ2) is 5.10. The van der Waals surface area contributed by atoms with Gasteiger partial charge in [-0.25, -0.2) is 4.52 Å². The minimum Gasteiger partial charge on any atom is -0.507 e. The molecule has 1 unspecified atom stereocenters. The van der Waals surface area contributed by atoms with Crippen LogP contribution in [0.15, 0.2) is 12.1 Å². The fourth-order valence-corrected chi connectivity index (χ4v) is 2.18. The van der Waals surface area contributed by atoms with Gasteiger partial charge in [0.15, 0.2) is 5.75 Å². The second-order valence-corrected chi connectivity index (χ2v) is 7.35. The molecule has 0 heterocycles. The van der Waals surface area contributed by atoms with E-state index in [-0.39, 0.29) is 16.6 Å². The van der Waals surface area contributed by atoms with Crippen LogP contribution in [0.25, 0.3) is 0 Å². The molecular formula is C14H22O4P+. The van der Waals surface area contributed by atoms with Gasteiger partial charge in [-0.15, -0.1) is 4.89 Å². The standard InChI is InChI=1S/C14H21O4P/c1-13(2,3)10-7-9(18-19(16)17)8-11(12(10)15)14(4,5)6/h7-8H,1-6H3,(H-,15,16,17)/p+1. The molecule has 1 atom stereocenters. The summed E-state index contributed by atoms with van der Waals surface area (Å²) in [5.74, 6) is 0.525. The molecule has 0 aromatic heterocycles. The predicted octanol–water partition coefficient (Wildman–Crippen LogP) is 4.02. The minimum absolute atomic E-state index is 0.223.